The number of aromatic nitrogens is 6. The van der Waals surface area contributed by atoms with Gasteiger partial charge >= 0.3 is 12.1 Å². The third kappa shape index (κ3) is 7.08. The first-order chi connectivity index (χ1) is 25.3. The molecule has 3 fully saturated rings. The predicted molar refractivity (Wildman–Crippen MR) is 177 cm³/mol. The number of imidazole rings is 1. The summed E-state index contributed by atoms with van der Waals surface area (Å²) in [5.74, 6) is -3.30. The molecule has 1 aliphatic carbocycles. The van der Waals surface area contributed by atoms with Gasteiger partial charge in [0.1, 0.15) is 17.9 Å². The summed E-state index contributed by atoms with van der Waals surface area (Å²) in [7, 11) is 0. The topological polar surface area (TPSA) is 189 Å². The van der Waals surface area contributed by atoms with Crippen LogP contribution in [0.4, 0.5) is 18.9 Å². The van der Waals surface area contributed by atoms with Crippen LogP contribution in [0, 0.1) is 0 Å². The van der Waals surface area contributed by atoms with Crippen LogP contribution in [0.2, 0.25) is 5.02 Å². The second kappa shape index (κ2) is 14.0. The molecular formula is C33H30ClF3N10O6. The maximum atomic E-state index is 13.4. The lowest BCUT2D eigenvalue weighted by atomic mass is 10.0. The number of hydrogen-bond donors (Lipinski definition) is 2. The Morgan fingerprint density at radius 1 is 0.925 bits per heavy atom. The number of amides is 4. The molecule has 4 amide bonds. The maximum Gasteiger partial charge on any atom is 0.490 e. The molecule has 5 heterocycles. The number of anilines is 1. The van der Waals surface area contributed by atoms with Gasteiger partial charge in [-0.3, -0.25) is 34.3 Å². The van der Waals surface area contributed by atoms with Crippen LogP contribution in [0.15, 0.2) is 54.9 Å². The minimum absolute atomic E-state index is 0.0761. The van der Waals surface area contributed by atoms with Crippen molar-refractivity contribution in [2.45, 2.75) is 50.0 Å². The first-order valence-electron chi connectivity index (χ1n) is 16.5. The highest BCUT2D eigenvalue weighted by Crippen LogP contribution is 2.39. The van der Waals surface area contributed by atoms with E-state index in [9.17, 15) is 32.3 Å². The van der Waals surface area contributed by atoms with Gasteiger partial charge < -0.3 is 14.6 Å². The Labute approximate surface area is 303 Å². The first kappa shape index (κ1) is 35.7. The van der Waals surface area contributed by atoms with Crippen LogP contribution < -0.4 is 10.2 Å². The maximum absolute atomic E-state index is 13.4. The molecule has 2 aromatic heterocycles. The van der Waals surface area contributed by atoms with Gasteiger partial charge in [0, 0.05) is 61.4 Å². The Bertz CT molecular complexity index is 2110. The Kier molecular flexibility index (Phi) is 9.45. The van der Waals surface area contributed by atoms with Gasteiger partial charge in [-0.25, -0.2) is 14.5 Å². The van der Waals surface area contributed by atoms with Crippen LogP contribution in [-0.4, -0.2) is 113 Å². The fraction of sp³-hybridized carbons (Fsp3) is 0.364. The van der Waals surface area contributed by atoms with Gasteiger partial charge in [0.2, 0.25) is 11.8 Å². The van der Waals surface area contributed by atoms with E-state index in [1.54, 1.807) is 18.3 Å². The van der Waals surface area contributed by atoms with E-state index in [1.807, 2.05) is 45.8 Å². The molecule has 20 heteroatoms. The summed E-state index contributed by atoms with van der Waals surface area (Å²) < 4.78 is 35.7. The molecule has 0 bridgehead atoms. The quantitative estimate of drug-likeness (QED) is 0.263. The fourth-order valence-electron chi connectivity index (χ4n) is 6.66. The summed E-state index contributed by atoms with van der Waals surface area (Å²) >= 11 is 6.34. The molecule has 1 saturated carbocycles. The fourth-order valence-corrected chi connectivity index (χ4v) is 6.84. The van der Waals surface area contributed by atoms with Crippen molar-refractivity contribution in [2.75, 3.05) is 31.1 Å². The lowest BCUT2D eigenvalue weighted by molar-refractivity contribution is -0.192. The van der Waals surface area contributed by atoms with Gasteiger partial charge in [0.25, 0.3) is 11.8 Å². The van der Waals surface area contributed by atoms with Gasteiger partial charge in [-0.15, -0.1) is 5.10 Å². The van der Waals surface area contributed by atoms with E-state index in [0.717, 1.165) is 40.8 Å². The number of imide groups is 2. The van der Waals surface area contributed by atoms with Crippen molar-refractivity contribution in [2.24, 2.45) is 0 Å². The summed E-state index contributed by atoms with van der Waals surface area (Å²) in [4.78, 5) is 69.9. The highest BCUT2D eigenvalue weighted by atomic mass is 35.5. The van der Waals surface area contributed by atoms with Gasteiger partial charge in [-0.2, -0.15) is 13.2 Å². The van der Waals surface area contributed by atoms with Crippen molar-refractivity contribution < 1.29 is 42.3 Å². The number of carbonyl (C=O) groups is 5. The molecule has 4 aliphatic rings. The largest absolute Gasteiger partial charge is 0.490 e. The molecule has 2 saturated heterocycles. The zero-order chi connectivity index (χ0) is 37.6. The van der Waals surface area contributed by atoms with Crippen molar-refractivity contribution in [3.8, 4) is 5.69 Å². The lowest BCUT2D eigenvalue weighted by Gasteiger charge is -2.39. The van der Waals surface area contributed by atoms with Crippen molar-refractivity contribution in [3.63, 3.8) is 0 Å². The summed E-state index contributed by atoms with van der Waals surface area (Å²) in [5.41, 5.74) is 2.22. The van der Waals surface area contributed by atoms with E-state index >= 15 is 0 Å². The van der Waals surface area contributed by atoms with Gasteiger partial charge in [-0.05, 0) is 66.1 Å². The molecule has 276 valence electrons. The number of nitrogens with one attached hydrogen (secondary N) is 1. The molecule has 2 aromatic carbocycles. The summed E-state index contributed by atoms with van der Waals surface area (Å²) in [6, 6.07) is 11.8. The molecule has 2 atom stereocenters. The van der Waals surface area contributed by atoms with E-state index in [-0.39, 0.29) is 36.1 Å². The number of hydrogen-bond acceptors (Lipinski definition) is 11. The summed E-state index contributed by atoms with van der Waals surface area (Å²) in [6.45, 7) is 2.57. The molecular weight excluding hydrogens is 725 g/mol. The second-order valence-electron chi connectivity index (χ2n) is 12.8. The second-order valence-corrected chi connectivity index (χ2v) is 13.2. The molecule has 3 aliphatic heterocycles. The Hall–Kier alpha value is -5.69. The SMILES string of the molecule is O=C(O)C(F)(F)F.O=C1CCC(N2C(=O)c3ccc(N4CCN(C(c5nccn5-c5cccc(Cl)c5)c5nnnn5C5CC5)CC4)cc3C2=O)C(=O)N1. The van der Waals surface area contributed by atoms with Crippen molar-refractivity contribution in [3.05, 3.63) is 82.7 Å². The molecule has 4 aromatic rings. The van der Waals surface area contributed by atoms with E-state index in [0.29, 0.717) is 31.2 Å². The molecule has 53 heavy (non-hydrogen) atoms. The first-order valence-corrected chi connectivity index (χ1v) is 16.9. The number of halogens is 4. The van der Waals surface area contributed by atoms with E-state index < -0.39 is 41.8 Å². The molecule has 2 unspecified atom stereocenters. The van der Waals surface area contributed by atoms with Crippen LogP contribution in [0.5, 0.6) is 0 Å². The van der Waals surface area contributed by atoms with Crippen LogP contribution in [0.25, 0.3) is 5.69 Å². The lowest BCUT2D eigenvalue weighted by Crippen LogP contribution is -2.54. The van der Waals surface area contributed by atoms with E-state index in [2.05, 4.69) is 30.6 Å². The standard InChI is InChI=1S/C31H29ClN10O4.C2HF3O2/c32-18-2-1-3-21(16-18)40-11-10-33-27(40)26(28-35-36-37-42(28)19-4-5-19)39-14-12-38(13-15-39)20-6-7-22-23(17-20)31(46)41(30(22)45)24-8-9-25(43)34-29(24)44;3-2(4,5)1(6)7/h1-3,6-7,10-11,16-17,19,24,26H,4-5,8-9,12-15H2,(H,34,43,44);(H,6,7). The molecule has 16 nitrogen and oxygen atoms in total. The zero-order valence-corrected chi connectivity index (χ0v) is 28.4. The number of rotatable bonds is 7. The molecule has 0 spiro atoms. The van der Waals surface area contributed by atoms with Crippen molar-refractivity contribution in [1.29, 1.82) is 0 Å². The van der Waals surface area contributed by atoms with Crippen LogP contribution >= 0.6 is 11.6 Å². The van der Waals surface area contributed by atoms with Crippen LogP contribution in [0.3, 0.4) is 0 Å². The Balaban J connectivity index is 0.000000568. The van der Waals surface area contributed by atoms with Crippen LogP contribution in [0.1, 0.15) is 70.1 Å². The number of nitrogens with zero attached hydrogens (tertiary/aromatic N) is 9. The average molecular weight is 755 g/mol. The number of benzene rings is 2. The Morgan fingerprint density at radius 3 is 2.30 bits per heavy atom. The molecule has 0 radical (unpaired) electrons. The third-order valence-corrected chi connectivity index (χ3v) is 9.60. The number of carboxylic acid groups (broad SMARTS) is 1. The minimum atomic E-state index is -5.08. The molecule has 8 rings (SSSR count). The van der Waals surface area contributed by atoms with E-state index in [1.165, 1.54) is 0 Å². The third-order valence-electron chi connectivity index (χ3n) is 9.37. The highest BCUT2D eigenvalue weighted by Gasteiger charge is 2.45. The summed E-state index contributed by atoms with van der Waals surface area (Å²) in [5, 5.41) is 22.9. The predicted octanol–water partition coefficient (Wildman–Crippen LogP) is 2.79. The van der Waals surface area contributed by atoms with Crippen molar-refractivity contribution in [1.82, 2.24) is 44.9 Å². The number of piperazine rings is 1. The number of carbonyl (C=O) groups excluding carboxylic acids is 4. The number of carboxylic acids is 1. The van der Waals surface area contributed by atoms with Gasteiger partial charge in [-0.1, -0.05) is 17.7 Å². The van der Waals surface area contributed by atoms with Crippen LogP contribution in [-0.2, 0) is 14.4 Å². The number of alkyl halides is 3. The summed E-state index contributed by atoms with van der Waals surface area (Å²) in [6.07, 6.45) is 0.851. The smallest absolute Gasteiger partial charge is 0.475 e. The number of aliphatic carboxylic acids is 1. The Morgan fingerprint density at radius 2 is 1.64 bits per heavy atom. The number of fused-ring (bicyclic) bond motifs is 1. The highest BCUT2D eigenvalue weighted by molar-refractivity contribution is 6.30. The van der Waals surface area contributed by atoms with Gasteiger partial charge in [0.05, 0.1) is 17.2 Å². The monoisotopic (exact) mass is 754 g/mol. The van der Waals surface area contributed by atoms with Crippen molar-refractivity contribution >= 4 is 46.9 Å². The minimum Gasteiger partial charge on any atom is -0.475 e. The normalized spacial score (nSPS) is 19.8. The molecule has 2 N–H and O–H groups in total. The van der Waals surface area contributed by atoms with E-state index in [4.69, 9.17) is 26.5 Å². The number of piperidine rings is 1. The van der Waals surface area contributed by atoms with Gasteiger partial charge in [0.15, 0.2) is 5.82 Å². The zero-order valence-electron chi connectivity index (χ0n) is 27.6. The average Bonchev–Trinajstić information content (AvgIpc) is 3.55. The number of tetrazole rings is 1.